The second-order valence-corrected chi connectivity index (χ2v) is 8.50. The highest BCUT2D eigenvalue weighted by Gasteiger charge is 2.08. The topological polar surface area (TPSA) is 51.6 Å². The summed E-state index contributed by atoms with van der Waals surface area (Å²) >= 11 is 0. The highest BCUT2D eigenvalue weighted by Crippen LogP contribution is 2.30. The lowest BCUT2D eigenvalue weighted by Gasteiger charge is -2.09. The molecule has 0 aliphatic rings. The number of rotatable bonds is 5. The zero-order chi connectivity index (χ0) is 24.2. The summed E-state index contributed by atoms with van der Waals surface area (Å²) in [6, 6.07) is 33.3. The van der Waals surface area contributed by atoms with Gasteiger partial charge in [0.25, 0.3) is 0 Å². The molecule has 0 N–H and O–H groups in total. The van der Waals surface area contributed by atoms with Gasteiger partial charge < -0.3 is 0 Å². The molecule has 6 rings (SSSR count). The van der Waals surface area contributed by atoms with Crippen molar-refractivity contribution in [2.24, 2.45) is 0 Å². The van der Waals surface area contributed by atoms with Crippen LogP contribution in [-0.2, 0) is 0 Å². The Morgan fingerprint density at radius 1 is 0.333 bits per heavy atom. The second-order valence-electron chi connectivity index (χ2n) is 8.50. The van der Waals surface area contributed by atoms with Gasteiger partial charge in [0.1, 0.15) is 0 Å². The first kappa shape index (κ1) is 21.6. The van der Waals surface area contributed by atoms with E-state index in [1.807, 2.05) is 49.1 Å². The standard InChI is InChI=1S/C32H22N4/c1-5-23(17-25(7-1)29-9-3-13-33-21-29)27-11-15-35-31(19-27)32-20-28(12-16-36-32)24-6-2-8-26(18-24)30-10-4-14-34-22-30/h1-22H. The molecule has 0 bridgehead atoms. The average Bonchev–Trinajstić information content (AvgIpc) is 2.98. The first-order chi connectivity index (χ1) is 17.8. The zero-order valence-corrected chi connectivity index (χ0v) is 19.5. The van der Waals surface area contributed by atoms with E-state index in [0.717, 1.165) is 55.9 Å². The van der Waals surface area contributed by atoms with Crippen molar-refractivity contribution in [1.82, 2.24) is 19.9 Å². The van der Waals surface area contributed by atoms with Crippen LogP contribution in [0.1, 0.15) is 0 Å². The molecule has 6 aromatic rings. The van der Waals surface area contributed by atoms with E-state index in [9.17, 15) is 0 Å². The average molecular weight is 463 g/mol. The molecule has 0 saturated heterocycles. The summed E-state index contributed by atoms with van der Waals surface area (Å²) in [6.45, 7) is 0. The van der Waals surface area contributed by atoms with Crippen LogP contribution in [0.15, 0.2) is 134 Å². The van der Waals surface area contributed by atoms with E-state index in [0.29, 0.717) is 0 Å². The molecule has 2 aromatic carbocycles. The van der Waals surface area contributed by atoms with Crippen molar-refractivity contribution >= 4 is 0 Å². The van der Waals surface area contributed by atoms with E-state index in [4.69, 9.17) is 0 Å². The summed E-state index contributed by atoms with van der Waals surface area (Å²) < 4.78 is 0. The Kier molecular flexibility index (Phi) is 5.83. The van der Waals surface area contributed by atoms with E-state index in [2.05, 4.69) is 92.7 Å². The van der Waals surface area contributed by atoms with Crippen LogP contribution in [0.2, 0.25) is 0 Å². The van der Waals surface area contributed by atoms with Crippen LogP contribution in [0.3, 0.4) is 0 Å². The van der Waals surface area contributed by atoms with Gasteiger partial charge >= 0.3 is 0 Å². The third-order valence-corrected chi connectivity index (χ3v) is 6.16. The van der Waals surface area contributed by atoms with Crippen molar-refractivity contribution in [2.45, 2.75) is 0 Å². The minimum absolute atomic E-state index is 0.838. The fourth-order valence-corrected chi connectivity index (χ4v) is 4.32. The molecule has 0 aliphatic carbocycles. The lowest BCUT2D eigenvalue weighted by molar-refractivity contribution is 1.25. The van der Waals surface area contributed by atoms with Crippen LogP contribution in [0.4, 0.5) is 0 Å². The third-order valence-electron chi connectivity index (χ3n) is 6.16. The van der Waals surface area contributed by atoms with Crippen molar-refractivity contribution in [2.75, 3.05) is 0 Å². The van der Waals surface area contributed by atoms with Crippen LogP contribution >= 0.6 is 0 Å². The van der Waals surface area contributed by atoms with Crippen molar-refractivity contribution < 1.29 is 0 Å². The molecule has 4 heteroatoms. The van der Waals surface area contributed by atoms with Gasteiger partial charge in [0.2, 0.25) is 0 Å². The molecular formula is C32H22N4. The van der Waals surface area contributed by atoms with Crippen LogP contribution < -0.4 is 0 Å². The van der Waals surface area contributed by atoms with Crippen LogP contribution in [0.5, 0.6) is 0 Å². The monoisotopic (exact) mass is 462 g/mol. The van der Waals surface area contributed by atoms with E-state index in [1.165, 1.54) is 0 Å². The molecular weight excluding hydrogens is 440 g/mol. The van der Waals surface area contributed by atoms with Gasteiger partial charge in [-0.05, 0) is 81.9 Å². The van der Waals surface area contributed by atoms with Crippen LogP contribution in [0.25, 0.3) is 55.9 Å². The van der Waals surface area contributed by atoms with Gasteiger partial charge in [0.15, 0.2) is 0 Å². The van der Waals surface area contributed by atoms with E-state index in [1.54, 1.807) is 12.4 Å². The SMILES string of the molecule is c1cncc(-c2cccc(-c3ccnc(-c4cc(-c5cccc(-c6cccnc6)c5)ccn4)c3)c2)c1. The smallest absolute Gasteiger partial charge is 0.0892 e. The molecule has 0 atom stereocenters. The highest BCUT2D eigenvalue weighted by molar-refractivity contribution is 5.77. The summed E-state index contributed by atoms with van der Waals surface area (Å²) in [6.07, 6.45) is 11.0. The van der Waals surface area contributed by atoms with E-state index < -0.39 is 0 Å². The van der Waals surface area contributed by atoms with Gasteiger partial charge in [-0.25, -0.2) is 0 Å². The summed E-state index contributed by atoms with van der Waals surface area (Å²) in [5.74, 6) is 0. The molecule has 4 heterocycles. The predicted octanol–water partition coefficient (Wildman–Crippen LogP) is 7.60. The van der Waals surface area contributed by atoms with Crippen molar-refractivity contribution in [3.8, 4) is 55.9 Å². The van der Waals surface area contributed by atoms with E-state index in [-0.39, 0.29) is 0 Å². The minimum Gasteiger partial charge on any atom is -0.264 e. The quantitative estimate of drug-likeness (QED) is 0.265. The number of nitrogens with zero attached hydrogens (tertiary/aromatic N) is 4. The normalized spacial score (nSPS) is 10.8. The molecule has 170 valence electrons. The Morgan fingerprint density at radius 2 is 0.722 bits per heavy atom. The second kappa shape index (κ2) is 9.72. The Bertz CT molecular complexity index is 1500. The molecule has 4 aromatic heterocycles. The van der Waals surface area contributed by atoms with Gasteiger partial charge in [-0.3, -0.25) is 19.9 Å². The number of hydrogen-bond acceptors (Lipinski definition) is 4. The number of hydrogen-bond donors (Lipinski definition) is 0. The molecule has 0 aliphatic heterocycles. The number of benzene rings is 2. The molecule has 0 radical (unpaired) electrons. The molecule has 4 nitrogen and oxygen atoms in total. The molecule has 0 saturated carbocycles. The molecule has 36 heavy (non-hydrogen) atoms. The molecule has 0 unspecified atom stereocenters. The fourth-order valence-electron chi connectivity index (χ4n) is 4.32. The Hall–Kier alpha value is -4.96. The third kappa shape index (κ3) is 4.52. The fraction of sp³-hybridized carbons (Fsp3) is 0. The Morgan fingerprint density at radius 3 is 1.14 bits per heavy atom. The number of aromatic nitrogens is 4. The van der Waals surface area contributed by atoms with Crippen LogP contribution in [-0.4, -0.2) is 19.9 Å². The minimum atomic E-state index is 0.838. The van der Waals surface area contributed by atoms with Gasteiger partial charge in [0, 0.05) is 48.3 Å². The first-order valence-corrected chi connectivity index (χ1v) is 11.8. The van der Waals surface area contributed by atoms with Crippen molar-refractivity contribution in [3.05, 3.63) is 134 Å². The van der Waals surface area contributed by atoms with Crippen molar-refractivity contribution in [1.29, 1.82) is 0 Å². The highest BCUT2D eigenvalue weighted by atomic mass is 14.8. The number of pyridine rings is 4. The summed E-state index contributed by atoms with van der Waals surface area (Å²) in [7, 11) is 0. The van der Waals surface area contributed by atoms with Crippen LogP contribution in [0, 0.1) is 0 Å². The maximum Gasteiger partial charge on any atom is 0.0892 e. The Labute approximate surface area is 210 Å². The van der Waals surface area contributed by atoms with Gasteiger partial charge in [-0.15, -0.1) is 0 Å². The first-order valence-electron chi connectivity index (χ1n) is 11.8. The molecule has 0 amide bonds. The lowest BCUT2D eigenvalue weighted by Crippen LogP contribution is -1.90. The van der Waals surface area contributed by atoms with E-state index >= 15 is 0 Å². The largest absolute Gasteiger partial charge is 0.264 e. The molecule has 0 fully saturated rings. The summed E-state index contributed by atoms with van der Waals surface area (Å²) in [5, 5.41) is 0. The summed E-state index contributed by atoms with van der Waals surface area (Å²) in [4.78, 5) is 17.8. The van der Waals surface area contributed by atoms with Gasteiger partial charge in [0.05, 0.1) is 11.4 Å². The molecule has 0 spiro atoms. The summed E-state index contributed by atoms with van der Waals surface area (Å²) in [5.41, 5.74) is 10.6. The maximum atomic E-state index is 4.63. The lowest BCUT2D eigenvalue weighted by atomic mass is 9.98. The van der Waals surface area contributed by atoms with Gasteiger partial charge in [-0.2, -0.15) is 0 Å². The predicted molar refractivity (Wildman–Crippen MR) is 145 cm³/mol. The maximum absolute atomic E-state index is 4.63. The Balaban J connectivity index is 1.34. The van der Waals surface area contributed by atoms with Gasteiger partial charge in [-0.1, -0.05) is 48.5 Å². The zero-order valence-electron chi connectivity index (χ0n) is 19.5. The van der Waals surface area contributed by atoms with Crippen molar-refractivity contribution in [3.63, 3.8) is 0 Å².